The Kier molecular flexibility index (Phi) is 4.90. The van der Waals surface area contributed by atoms with Crippen LogP contribution >= 0.6 is 0 Å². The van der Waals surface area contributed by atoms with Gasteiger partial charge in [0.2, 0.25) is 0 Å². The summed E-state index contributed by atoms with van der Waals surface area (Å²) in [5.74, 6) is -2.12. The van der Waals surface area contributed by atoms with Crippen molar-refractivity contribution in [3.05, 3.63) is 69.6 Å². The quantitative estimate of drug-likeness (QED) is 0.662. The molecular formula is C23H28F2N2O. The van der Waals surface area contributed by atoms with Crippen molar-refractivity contribution >= 4 is 0 Å². The van der Waals surface area contributed by atoms with Crippen LogP contribution in [0.3, 0.4) is 0 Å². The molecule has 1 saturated heterocycles. The van der Waals surface area contributed by atoms with E-state index in [-0.39, 0.29) is 16.5 Å². The predicted octanol–water partition coefficient (Wildman–Crippen LogP) is 4.32. The molecule has 0 unspecified atom stereocenters. The van der Waals surface area contributed by atoms with E-state index in [1.54, 1.807) is 16.7 Å². The first-order valence-corrected chi connectivity index (χ1v) is 10.2. The third-order valence-corrected chi connectivity index (χ3v) is 6.52. The molecule has 3 nitrogen and oxygen atoms in total. The van der Waals surface area contributed by atoms with Gasteiger partial charge in [-0.25, -0.2) is 8.78 Å². The minimum Gasteiger partial charge on any atom is -0.315 e. The Hall–Kier alpha value is -2.01. The monoisotopic (exact) mass is 386 g/mol. The SMILES string of the molecule is Cc1cccn(CCCCN2C[C@@H]3C[C@]3(c3ccc(C(C)(F)F)cc3)C2)c1=O. The van der Waals surface area contributed by atoms with E-state index >= 15 is 0 Å². The fourth-order valence-electron chi connectivity index (χ4n) is 4.75. The van der Waals surface area contributed by atoms with Gasteiger partial charge in [-0.15, -0.1) is 0 Å². The first kappa shape index (κ1) is 19.3. The van der Waals surface area contributed by atoms with Gasteiger partial charge in [-0.2, -0.15) is 0 Å². The van der Waals surface area contributed by atoms with Crippen LogP contribution in [-0.4, -0.2) is 29.1 Å². The Labute approximate surface area is 165 Å². The fourth-order valence-corrected chi connectivity index (χ4v) is 4.75. The third kappa shape index (κ3) is 3.64. The highest BCUT2D eigenvalue weighted by Gasteiger charge is 2.60. The van der Waals surface area contributed by atoms with E-state index in [4.69, 9.17) is 0 Å². The lowest BCUT2D eigenvalue weighted by Crippen LogP contribution is -2.28. The van der Waals surface area contributed by atoms with Crippen molar-refractivity contribution in [3.8, 4) is 0 Å². The standard InChI is InChI=1S/C23H28F2N2O/c1-17-6-5-13-27(21(17)28)12-4-3-11-26-15-20-14-23(20,16-26)19-9-7-18(8-10-19)22(2,24)25/h5-10,13,20H,3-4,11-12,14-16H2,1-2H3/t20-,23+/m0/s1. The molecule has 28 heavy (non-hydrogen) atoms. The second-order valence-electron chi connectivity index (χ2n) is 8.65. The lowest BCUT2D eigenvalue weighted by molar-refractivity contribution is 0.0174. The van der Waals surface area contributed by atoms with Crippen LogP contribution in [0.25, 0.3) is 0 Å². The molecule has 1 aromatic carbocycles. The molecule has 1 aliphatic heterocycles. The summed E-state index contributed by atoms with van der Waals surface area (Å²) in [7, 11) is 0. The third-order valence-electron chi connectivity index (χ3n) is 6.52. The van der Waals surface area contributed by atoms with Gasteiger partial charge in [0.15, 0.2) is 0 Å². The van der Waals surface area contributed by atoms with Crippen molar-refractivity contribution in [1.82, 2.24) is 9.47 Å². The van der Waals surface area contributed by atoms with Crippen molar-refractivity contribution in [2.75, 3.05) is 19.6 Å². The zero-order valence-corrected chi connectivity index (χ0v) is 16.6. The van der Waals surface area contributed by atoms with Crippen LogP contribution in [0.1, 0.15) is 42.9 Å². The number of alkyl halides is 2. The summed E-state index contributed by atoms with van der Waals surface area (Å²) in [4.78, 5) is 14.6. The molecular weight excluding hydrogens is 358 g/mol. The van der Waals surface area contributed by atoms with Gasteiger partial charge in [0, 0.05) is 49.3 Å². The number of hydrogen-bond donors (Lipinski definition) is 0. The summed E-state index contributed by atoms with van der Waals surface area (Å²) in [5.41, 5.74) is 2.36. The van der Waals surface area contributed by atoms with Crippen molar-refractivity contribution in [3.63, 3.8) is 0 Å². The Morgan fingerprint density at radius 3 is 2.57 bits per heavy atom. The van der Waals surface area contributed by atoms with Gasteiger partial charge in [0.1, 0.15) is 0 Å². The van der Waals surface area contributed by atoms with Crippen LogP contribution in [0.5, 0.6) is 0 Å². The van der Waals surface area contributed by atoms with Gasteiger partial charge in [-0.1, -0.05) is 30.3 Å². The Morgan fingerprint density at radius 1 is 1.14 bits per heavy atom. The molecule has 2 heterocycles. The minimum atomic E-state index is -2.78. The topological polar surface area (TPSA) is 25.2 Å². The van der Waals surface area contributed by atoms with Gasteiger partial charge in [0.25, 0.3) is 11.5 Å². The second kappa shape index (κ2) is 7.11. The van der Waals surface area contributed by atoms with Crippen molar-refractivity contribution in [2.45, 2.75) is 51.0 Å². The maximum Gasteiger partial charge on any atom is 0.270 e. The molecule has 1 aromatic heterocycles. The highest BCUT2D eigenvalue weighted by atomic mass is 19.3. The highest BCUT2D eigenvalue weighted by molar-refractivity contribution is 5.39. The molecule has 1 aliphatic carbocycles. The van der Waals surface area contributed by atoms with Crippen LogP contribution in [-0.2, 0) is 17.9 Å². The van der Waals surface area contributed by atoms with E-state index in [1.807, 2.05) is 37.4 Å². The normalized spacial score (nSPS) is 24.4. The number of pyridine rings is 1. The molecule has 150 valence electrons. The van der Waals surface area contributed by atoms with Gasteiger partial charge in [-0.05, 0) is 50.3 Å². The molecule has 0 spiro atoms. The molecule has 5 heteroatoms. The predicted molar refractivity (Wildman–Crippen MR) is 107 cm³/mol. The van der Waals surface area contributed by atoms with E-state index in [1.165, 1.54) is 12.0 Å². The number of likely N-dealkylation sites (tertiary alicyclic amines) is 1. The van der Waals surface area contributed by atoms with Crippen LogP contribution < -0.4 is 5.56 Å². The average molecular weight is 386 g/mol. The highest BCUT2D eigenvalue weighted by Crippen LogP contribution is 2.59. The Balaban J connectivity index is 1.29. The van der Waals surface area contributed by atoms with E-state index in [0.717, 1.165) is 51.5 Å². The Bertz CT molecular complexity index is 900. The van der Waals surface area contributed by atoms with E-state index in [0.29, 0.717) is 5.92 Å². The number of rotatable bonds is 7. The fraction of sp³-hybridized carbons (Fsp3) is 0.522. The maximum absolute atomic E-state index is 13.4. The van der Waals surface area contributed by atoms with E-state index in [9.17, 15) is 13.6 Å². The summed E-state index contributed by atoms with van der Waals surface area (Å²) < 4.78 is 28.7. The minimum absolute atomic E-state index is 0.0890. The zero-order chi connectivity index (χ0) is 19.9. The summed E-state index contributed by atoms with van der Waals surface area (Å²) in [6, 6.07) is 10.8. The largest absolute Gasteiger partial charge is 0.315 e. The smallest absolute Gasteiger partial charge is 0.270 e. The van der Waals surface area contributed by atoms with Crippen molar-refractivity contribution in [2.24, 2.45) is 5.92 Å². The van der Waals surface area contributed by atoms with Gasteiger partial charge < -0.3 is 9.47 Å². The van der Waals surface area contributed by atoms with Crippen LogP contribution in [0.2, 0.25) is 0 Å². The molecule has 0 amide bonds. The van der Waals surface area contributed by atoms with E-state index in [2.05, 4.69) is 4.90 Å². The number of benzene rings is 1. The number of aryl methyl sites for hydroxylation is 2. The molecule has 2 aromatic rings. The summed E-state index contributed by atoms with van der Waals surface area (Å²) >= 11 is 0. The maximum atomic E-state index is 13.4. The first-order chi connectivity index (χ1) is 13.3. The first-order valence-electron chi connectivity index (χ1n) is 10.2. The zero-order valence-electron chi connectivity index (χ0n) is 16.6. The molecule has 4 rings (SSSR count). The van der Waals surface area contributed by atoms with Gasteiger partial charge >= 0.3 is 0 Å². The summed E-state index contributed by atoms with van der Waals surface area (Å²) in [5, 5.41) is 0. The Morgan fingerprint density at radius 2 is 1.86 bits per heavy atom. The molecule has 2 fully saturated rings. The lowest BCUT2D eigenvalue weighted by Gasteiger charge is -2.21. The molecule has 2 atom stereocenters. The average Bonchev–Trinajstić information content (AvgIpc) is 3.23. The number of halogens is 2. The van der Waals surface area contributed by atoms with Gasteiger partial charge in [-0.3, -0.25) is 4.79 Å². The van der Waals surface area contributed by atoms with Crippen LogP contribution in [0.4, 0.5) is 8.78 Å². The molecule has 0 N–H and O–H groups in total. The van der Waals surface area contributed by atoms with Crippen molar-refractivity contribution < 1.29 is 8.78 Å². The van der Waals surface area contributed by atoms with Crippen molar-refractivity contribution in [1.29, 1.82) is 0 Å². The summed E-state index contributed by atoms with van der Waals surface area (Å²) in [6.07, 6.45) is 5.07. The number of nitrogens with zero attached hydrogens (tertiary/aromatic N) is 2. The van der Waals surface area contributed by atoms with Crippen LogP contribution in [0.15, 0.2) is 47.4 Å². The van der Waals surface area contributed by atoms with E-state index < -0.39 is 5.92 Å². The lowest BCUT2D eigenvalue weighted by atomic mass is 9.93. The number of piperidine rings is 1. The molecule has 2 aliphatic rings. The van der Waals surface area contributed by atoms with Crippen LogP contribution in [0, 0.1) is 12.8 Å². The molecule has 0 bridgehead atoms. The van der Waals surface area contributed by atoms with Gasteiger partial charge in [0.05, 0.1) is 0 Å². The number of aromatic nitrogens is 1. The number of fused-ring (bicyclic) bond motifs is 1. The molecule has 0 radical (unpaired) electrons. The number of hydrogen-bond acceptors (Lipinski definition) is 2. The molecule has 1 saturated carbocycles. The second-order valence-corrected chi connectivity index (χ2v) is 8.65. The number of unbranched alkanes of at least 4 members (excludes halogenated alkanes) is 1. The summed E-state index contributed by atoms with van der Waals surface area (Å²) in [6.45, 7) is 6.70.